The Morgan fingerprint density at radius 3 is 2.60 bits per heavy atom. The van der Waals surface area contributed by atoms with E-state index in [1.54, 1.807) is 6.08 Å². The van der Waals surface area contributed by atoms with Crippen molar-refractivity contribution < 1.29 is 4.79 Å². The van der Waals surface area contributed by atoms with E-state index in [4.69, 9.17) is 0 Å². The van der Waals surface area contributed by atoms with Gasteiger partial charge in [0.1, 0.15) is 0 Å². The van der Waals surface area contributed by atoms with Gasteiger partial charge in [0, 0.05) is 5.56 Å². The third-order valence-corrected chi connectivity index (χ3v) is 2.30. The summed E-state index contributed by atoms with van der Waals surface area (Å²) in [6, 6.07) is 9.38. The lowest BCUT2D eigenvalue weighted by molar-refractivity contribution is 0.104. The summed E-state index contributed by atoms with van der Waals surface area (Å²) in [5.74, 6) is 0.104. The Bertz CT molecular complexity index is 311. The summed E-state index contributed by atoms with van der Waals surface area (Å²) in [6.45, 7) is 2.18. The van der Waals surface area contributed by atoms with E-state index >= 15 is 0 Å². The Labute approximate surface area is 91.8 Å². The normalized spacial score (nSPS) is 10.7. The van der Waals surface area contributed by atoms with Gasteiger partial charge in [0.05, 0.1) is 0 Å². The molecule has 1 heteroatoms. The SMILES string of the molecule is CCCCC/C=C/C(=O)c1ccccc1. The van der Waals surface area contributed by atoms with E-state index in [0.717, 1.165) is 12.0 Å². The highest BCUT2D eigenvalue weighted by molar-refractivity contribution is 6.04. The molecule has 1 rings (SSSR count). The molecule has 0 heterocycles. The molecule has 0 radical (unpaired) electrons. The first-order valence-corrected chi connectivity index (χ1v) is 5.60. The molecule has 0 spiro atoms. The predicted octanol–water partition coefficient (Wildman–Crippen LogP) is 4.01. The fraction of sp³-hybridized carbons (Fsp3) is 0.357. The molecule has 0 aliphatic rings. The number of carbonyl (C=O) groups is 1. The van der Waals surface area contributed by atoms with Gasteiger partial charge in [-0.2, -0.15) is 0 Å². The Kier molecular flexibility index (Phi) is 5.46. The van der Waals surface area contributed by atoms with E-state index in [1.807, 2.05) is 36.4 Å². The van der Waals surface area contributed by atoms with E-state index in [2.05, 4.69) is 6.92 Å². The standard InChI is InChI=1S/C14H18O/c1-2-3-4-5-9-12-14(15)13-10-7-6-8-11-13/h6-12H,2-5H2,1H3/b12-9+. The van der Waals surface area contributed by atoms with Crippen LogP contribution in [0.1, 0.15) is 43.0 Å². The van der Waals surface area contributed by atoms with Gasteiger partial charge in [-0.15, -0.1) is 0 Å². The van der Waals surface area contributed by atoms with Crippen molar-refractivity contribution in [2.75, 3.05) is 0 Å². The number of allylic oxidation sites excluding steroid dienone is 2. The molecule has 0 atom stereocenters. The molecule has 1 aromatic carbocycles. The van der Waals surface area contributed by atoms with Gasteiger partial charge in [-0.25, -0.2) is 0 Å². The second kappa shape index (κ2) is 6.99. The Morgan fingerprint density at radius 2 is 1.93 bits per heavy atom. The van der Waals surface area contributed by atoms with Crippen LogP contribution in [0.25, 0.3) is 0 Å². The van der Waals surface area contributed by atoms with Gasteiger partial charge in [-0.3, -0.25) is 4.79 Å². The number of ketones is 1. The largest absolute Gasteiger partial charge is 0.289 e. The van der Waals surface area contributed by atoms with E-state index in [1.165, 1.54) is 19.3 Å². The highest BCUT2D eigenvalue weighted by Gasteiger charge is 1.98. The van der Waals surface area contributed by atoms with Crippen LogP contribution in [-0.2, 0) is 0 Å². The fourth-order valence-corrected chi connectivity index (χ4v) is 1.40. The molecule has 0 aromatic heterocycles. The number of carbonyl (C=O) groups excluding carboxylic acids is 1. The van der Waals surface area contributed by atoms with Crippen molar-refractivity contribution in [1.82, 2.24) is 0 Å². The van der Waals surface area contributed by atoms with E-state index in [0.29, 0.717) is 0 Å². The summed E-state index contributed by atoms with van der Waals surface area (Å²) in [4.78, 5) is 11.6. The molecule has 0 amide bonds. The van der Waals surface area contributed by atoms with Crippen molar-refractivity contribution in [2.45, 2.75) is 32.6 Å². The quantitative estimate of drug-likeness (QED) is 0.387. The number of unbranched alkanes of at least 4 members (excludes halogenated alkanes) is 3. The van der Waals surface area contributed by atoms with Gasteiger partial charge in [0.2, 0.25) is 0 Å². The zero-order chi connectivity index (χ0) is 10.9. The lowest BCUT2D eigenvalue weighted by Crippen LogP contribution is -1.92. The maximum atomic E-state index is 11.6. The molecular formula is C14H18O. The molecule has 0 bridgehead atoms. The third-order valence-electron chi connectivity index (χ3n) is 2.30. The minimum Gasteiger partial charge on any atom is -0.289 e. The minimum atomic E-state index is 0.104. The first-order valence-electron chi connectivity index (χ1n) is 5.60. The molecule has 0 saturated heterocycles. The average molecular weight is 202 g/mol. The minimum absolute atomic E-state index is 0.104. The molecule has 15 heavy (non-hydrogen) atoms. The van der Waals surface area contributed by atoms with Crippen molar-refractivity contribution in [1.29, 1.82) is 0 Å². The lowest BCUT2D eigenvalue weighted by Gasteiger charge is -1.94. The summed E-state index contributed by atoms with van der Waals surface area (Å²) in [7, 11) is 0. The molecule has 0 aliphatic heterocycles. The molecule has 0 N–H and O–H groups in total. The van der Waals surface area contributed by atoms with E-state index in [9.17, 15) is 4.79 Å². The molecule has 0 fully saturated rings. The van der Waals surface area contributed by atoms with E-state index in [-0.39, 0.29) is 5.78 Å². The lowest BCUT2D eigenvalue weighted by atomic mass is 10.1. The summed E-state index contributed by atoms with van der Waals surface area (Å²) in [5, 5.41) is 0. The molecule has 0 saturated carbocycles. The second-order valence-corrected chi connectivity index (χ2v) is 3.63. The number of benzene rings is 1. The van der Waals surface area contributed by atoms with Gasteiger partial charge >= 0.3 is 0 Å². The van der Waals surface area contributed by atoms with Crippen molar-refractivity contribution >= 4 is 5.78 Å². The molecule has 0 aliphatic carbocycles. The molecule has 1 nitrogen and oxygen atoms in total. The van der Waals surface area contributed by atoms with Gasteiger partial charge in [0.25, 0.3) is 0 Å². The summed E-state index contributed by atoms with van der Waals surface area (Å²) in [5.41, 5.74) is 0.768. The predicted molar refractivity (Wildman–Crippen MR) is 64.1 cm³/mol. The smallest absolute Gasteiger partial charge is 0.185 e. The second-order valence-electron chi connectivity index (χ2n) is 3.63. The Morgan fingerprint density at radius 1 is 1.20 bits per heavy atom. The maximum Gasteiger partial charge on any atom is 0.185 e. The van der Waals surface area contributed by atoms with Crippen LogP contribution < -0.4 is 0 Å². The van der Waals surface area contributed by atoms with Crippen molar-refractivity contribution in [2.24, 2.45) is 0 Å². The van der Waals surface area contributed by atoms with Crippen molar-refractivity contribution in [3.05, 3.63) is 48.0 Å². The first-order chi connectivity index (χ1) is 7.34. The highest BCUT2D eigenvalue weighted by atomic mass is 16.1. The van der Waals surface area contributed by atoms with Crippen molar-refractivity contribution in [3.63, 3.8) is 0 Å². The van der Waals surface area contributed by atoms with Gasteiger partial charge in [-0.1, -0.05) is 56.2 Å². The van der Waals surface area contributed by atoms with Gasteiger partial charge in [-0.05, 0) is 18.9 Å². The first kappa shape index (κ1) is 11.7. The Hall–Kier alpha value is -1.37. The van der Waals surface area contributed by atoms with Crippen LogP contribution in [0.15, 0.2) is 42.5 Å². The zero-order valence-electron chi connectivity index (χ0n) is 9.28. The van der Waals surface area contributed by atoms with Crippen LogP contribution in [0.2, 0.25) is 0 Å². The van der Waals surface area contributed by atoms with Crippen LogP contribution in [-0.4, -0.2) is 5.78 Å². The fourth-order valence-electron chi connectivity index (χ4n) is 1.40. The van der Waals surface area contributed by atoms with E-state index < -0.39 is 0 Å². The van der Waals surface area contributed by atoms with Crippen molar-refractivity contribution in [3.8, 4) is 0 Å². The average Bonchev–Trinajstić information content (AvgIpc) is 2.30. The van der Waals surface area contributed by atoms with Gasteiger partial charge < -0.3 is 0 Å². The summed E-state index contributed by atoms with van der Waals surface area (Å²) in [6.07, 6.45) is 8.31. The maximum absolute atomic E-state index is 11.6. The number of rotatable bonds is 6. The molecular weight excluding hydrogens is 184 g/mol. The Balaban J connectivity index is 2.36. The third kappa shape index (κ3) is 4.59. The number of hydrogen-bond acceptors (Lipinski definition) is 1. The van der Waals surface area contributed by atoms with Gasteiger partial charge in [0.15, 0.2) is 5.78 Å². The topological polar surface area (TPSA) is 17.1 Å². The molecule has 0 unspecified atom stereocenters. The van der Waals surface area contributed by atoms with Crippen LogP contribution >= 0.6 is 0 Å². The van der Waals surface area contributed by atoms with Crippen LogP contribution in [0.4, 0.5) is 0 Å². The van der Waals surface area contributed by atoms with Crippen LogP contribution in [0, 0.1) is 0 Å². The van der Waals surface area contributed by atoms with Crippen LogP contribution in [0.3, 0.4) is 0 Å². The van der Waals surface area contributed by atoms with Crippen LogP contribution in [0.5, 0.6) is 0 Å². The zero-order valence-corrected chi connectivity index (χ0v) is 9.28. The summed E-state index contributed by atoms with van der Waals surface area (Å²) >= 11 is 0. The highest BCUT2D eigenvalue weighted by Crippen LogP contribution is 2.03. The monoisotopic (exact) mass is 202 g/mol. The molecule has 80 valence electrons. The molecule has 1 aromatic rings. The summed E-state index contributed by atoms with van der Waals surface area (Å²) < 4.78 is 0. The number of hydrogen-bond donors (Lipinski definition) is 0.